The second-order valence-corrected chi connectivity index (χ2v) is 22.8. The minimum absolute atomic E-state index is 0.322. The summed E-state index contributed by atoms with van der Waals surface area (Å²) in [5.74, 6) is 7.15. The van der Waals surface area contributed by atoms with Gasteiger partial charge in [-0.15, -0.1) is 11.1 Å². The van der Waals surface area contributed by atoms with Gasteiger partial charge in [0.15, 0.2) is 0 Å². The van der Waals surface area contributed by atoms with Gasteiger partial charge in [-0.05, 0) is 62.5 Å². The molecule has 1 rings (SSSR count). The Kier molecular flexibility index (Phi) is 11.2. The van der Waals surface area contributed by atoms with Gasteiger partial charge in [0.25, 0.3) is 0 Å². The Morgan fingerprint density at radius 2 is 0.971 bits per heavy atom. The van der Waals surface area contributed by atoms with Gasteiger partial charge in [0.2, 0.25) is 0 Å². The maximum atomic E-state index is 8.87. The summed E-state index contributed by atoms with van der Waals surface area (Å²) in [7, 11) is -3.67. The van der Waals surface area contributed by atoms with Crippen molar-refractivity contribution in [1.29, 1.82) is 0 Å². The van der Waals surface area contributed by atoms with Crippen molar-refractivity contribution < 1.29 is 0 Å². The molecule has 0 saturated carbocycles. The van der Waals surface area contributed by atoms with Crippen molar-refractivity contribution in [3.05, 3.63) is 45.3 Å². The SMILES string of the molecule is CC(C)[Si](C#Cc1cc(C#C[Si](C(C)C)(C(C)C)C(C)C)cc(CN=[N+]=[N-])c1)(C(C)C)C(C)C. The van der Waals surface area contributed by atoms with Gasteiger partial charge >= 0.3 is 0 Å². The lowest BCUT2D eigenvalue weighted by Gasteiger charge is -2.38. The number of azide groups is 1. The third-order valence-electron chi connectivity index (χ3n) is 7.89. The fraction of sp³-hybridized carbons (Fsp3) is 0.655. The van der Waals surface area contributed by atoms with E-state index in [1.807, 2.05) is 0 Å². The van der Waals surface area contributed by atoms with Gasteiger partial charge in [0.1, 0.15) is 16.1 Å². The first-order chi connectivity index (χ1) is 15.7. The highest BCUT2D eigenvalue weighted by molar-refractivity contribution is 6.91. The summed E-state index contributed by atoms with van der Waals surface area (Å²) in [6.07, 6.45) is 0. The standard InChI is InChI=1S/C29H47N3Si2/c1-21(2)33(22(3)4,23(5)6)15-13-27-17-28(19-29(18-27)20-31-32-30)14-16-34(24(7)8,25(9)10)26(11)12/h17-19,21-26H,20H2,1-12H3. The Morgan fingerprint density at radius 1 is 0.647 bits per heavy atom. The molecule has 0 atom stereocenters. The Balaban J connectivity index is 3.73. The van der Waals surface area contributed by atoms with Crippen LogP contribution < -0.4 is 0 Å². The monoisotopic (exact) mass is 493 g/mol. The zero-order chi connectivity index (χ0) is 26.3. The van der Waals surface area contributed by atoms with Crippen LogP contribution in [0.1, 0.15) is 99.8 Å². The highest BCUT2D eigenvalue weighted by Crippen LogP contribution is 2.41. The van der Waals surface area contributed by atoms with Crippen molar-refractivity contribution in [2.45, 2.75) is 123 Å². The molecule has 1 aromatic carbocycles. The summed E-state index contributed by atoms with van der Waals surface area (Å²) in [5, 5.41) is 3.81. The molecule has 0 N–H and O–H groups in total. The summed E-state index contributed by atoms with van der Waals surface area (Å²) in [6, 6.07) is 6.29. The topological polar surface area (TPSA) is 48.8 Å². The first-order valence-corrected chi connectivity index (χ1v) is 17.4. The van der Waals surface area contributed by atoms with E-state index in [4.69, 9.17) is 5.53 Å². The molecule has 34 heavy (non-hydrogen) atoms. The lowest BCUT2D eigenvalue weighted by molar-refractivity contribution is 0.838. The second-order valence-electron chi connectivity index (χ2n) is 11.6. The molecule has 0 aliphatic heterocycles. The maximum Gasteiger partial charge on any atom is 0.146 e. The largest absolute Gasteiger partial charge is 0.146 e. The lowest BCUT2D eigenvalue weighted by Crippen LogP contribution is -2.43. The van der Waals surface area contributed by atoms with Gasteiger partial charge in [-0.3, -0.25) is 0 Å². The molecule has 0 bridgehead atoms. The summed E-state index contributed by atoms with van der Waals surface area (Å²) in [5.41, 5.74) is 23.0. The minimum atomic E-state index is -1.84. The Labute approximate surface area is 212 Å². The van der Waals surface area contributed by atoms with Crippen molar-refractivity contribution in [2.24, 2.45) is 5.11 Å². The lowest BCUT2D eigenvalue weighted by atomic mass is 10.1. The third kappa shape index (κ3) is 6.60. The number of nitrogens with zero attached hydrogens (tertiary/aromatic N) is 3. The Morgan fingerprint density at radius 3 is 1.24 bits per heavy atom. The maximum absolute atomic E-state index is 8.87. The van der Waals surface area contributed by atoms with E-state index in [2.05, 4.69) is 134 Å². The van der Waals surface area contributed by atoms with Gasteiger partial charge in [-0.2, -0.15) is 0 Å². The summed E-state index contributed by atoms with van der Waals surface area (Å²) in [6.45, 7) is 28.4. The van der Waals surface area contributed by atoms with Crippen LogP contribution in [-0.2, 0) is 6.54 Å². The summed E-state index contributed by atoms with van der Waals surface area (Å²) in [4.78, 5) is 2.97. The number of benzene rings is 1. The predicted molar refractivity (Wildman–Crippen MR) is 155 cm³/mol. The number of rotatable bonds is 8. The van der Waals surface area contributed by atoms with Crippen molar-refractivity contribution in [3.8, 4) is 22.9 Å². The molecule has 0 unspecified atom stereocenters. The fourth-order valence-corrected chi connectivity index (χ4v) is 16.7. The molecule has 0 fully saturated rings. The van der Waals surface area contributed by atoms with Crippen LogP contribution in [0.3, 0.4) is 0 Å². The molecule has 0 amide bonds. The summed E-state index contributed by atoms with van der Waals surface area (Å²) < 4.78 is 0. The smallest absolute Gasteiger partial charge is 0.125 e. The molecule has 0 spiro atoms. The van der Waals surface area contributed by atoms with Crippen molar-refractivity contribution in [2.75, 3.05) is 0 Å². The van der Waals surface area contributed by atoms with Gasteiger partial charge in [0, 0.05) is 16.0 Å². The Bertz CT molecular complexity index is 880. The highest BCUT2D eigenvalue weighted by atomic mass is 28.3. The quantitative estimate of drug-likeness (QED) is 0.114. The summed E-state index contributed by atoms with van der Waals surface area (Å²) >= 11 is 0. The number of hydrogen-bond donors (Lipinski definition) is 0. The molecular formula is C29H47N3Si2. The van der Waals surface area contributed by atoms with Crippen LogP contribution in [0.4, 0.5) is 0 Å². The van der Waals surface area contributed by atoms with Gasteiger partial charge < -0.3 is 0 Å². The molecular weight excluding hydrogens is 447 g/mol. The van der Waals surface area contributed by atoms with Crippen LogP contribution in [0.15, 0.2) is 23.3 Å². The molecule has 0 aliphatic carbocycles. The van der Waals surface area contributed by atoms with Gasteiger partial charge in [0.05, 0.1) is 6.54 Å². The minimum Gasteiger partial charge on any atom is -0.125 e. The second kappa shape index (κ2) is 12.7. The third-order valence-corrected chi connectivity index (χ3v) is 20.5. The van der Waals surface area contributed by atoms with E-state index in [1.165, 1.54) is 0 Å². The van der Waals surface area contributed by atoms with E-state index in [0.29, 0.717) is 39.8 Å². The molecule has 1 aromatic rings. The molecule has 0 aromatic heterocycles. The van der Waals surface area contributed by atoms with E-state index in [-0.39, 0.29) is 0 Å². The van der Waals surface area contributed by atoms with Crippen LogP contribution in [-0.4, -0.2) is 16.1 Å². The normalized spacial score (nSPS) is 12.2. The molecule has 0 saturated heterocycles. The van der Waals surface area contributed by atoms with E-state index >= 15 is 0 Å². The molecule has 5 heteroatoms. The molecule has 0 radical (unpaired) electrons. The zero-order valence-corrected chi connectivity index (χ0v) is 25.7. The van der Waals surface area contributed by atoms with E-state index in [9.17, 15) is 0 Å². The van der Waals surface area contributed by atoms with Crippen LogP contribution in [0.25, 0.3) is 10.4 Å². The Hall–Kier alpha value is -1.92. The molecule has 186 valence electrons. The average Bonchev–Trinajstić information content (AvgIpc) is 2.71. The van der Waals surface area contributed by atoms with Crippen molar-refractivity contribution in [3.63, 3.8) is 0 Å². The van der Waals surface area contributed by atoms with Crippen LogP contribution in [0.5, 0.6) is 0 Å². The van der Waals surface area contributed by atoms with Gasteiger partial charge in [-0.25, -0.2) is 0 Å². The highest BCUT2D eigenvalue weighted by Gasteiger charge is 2.42. The van der Waals surface area contributed by atoms with Crippen LogP contribution >= 0.6 is 0 Å². The predicted octanol–water partition coefficient (Wildman–Crippen LogP) is 9.64. The van der Waals surface area contributed by atoms with E-state index in [1.54, 1.807) is 0 Å². The molecule has 3 nitrogen and oxygen atoms in total. The van der Waals surface area contributed by atoms with E-state index < -0.39 is 16.1 Å². The first-order valence-electron chi connectivity index (χ1n) is 13.0. The molecule has 0 aliphatic rings. The van der Waals surface area contributed by atoms with Gasteiger partial charge in [-0.1, -0.05) is 100 Å². The zero-order valence-electron chi connectivity index (χ0n) is 23.7. The number of hydrogen-bond acceptors (Lipinski definition) is 1. The first kappa shape index (κ1) is 30.1. The molecule has 0 heterocycles. The van der Waals surface area contributed by atoms with E-state index in [0.717, 1.165) is 16.7 Å². The van der Waals surface area contributed by atoms with Crippen molar-refractivity contribution in [1.82, 2.24) is 0 Å². The van der Waals surface area contributed by atoms with Crippen molar-refractivity contribution >= 4 is 16.1 Å². The fourth-order valence-electron chi connectivity index (χ4n) is 6.27. The average molecular weight is 494 g/mol. The van der Waals surface area contributed by atoms with Crippen LogP contribution in [0.2, 0.25) is 33.2 Å². The van der Waals surface area contributed by atoms with Crippen LogP contribution in [0, 0.1) is 22.9 Å².